The van der Waals surface area contributed by atoms with Crippen molar-refractivity contribution in [3.05, 3.63) is 11.1 Å². The van der Waals surface area contributed by atoms with Crippen molar-refractivity contribution in [1.29, 1.82) is 0 Å². The van der Waals surface area contributed by atoms with Crippen LogP contribution in [-0.2, 0) is 4.74 Å². The molecule has 1 aliphatic rings. The van der Waals surface area contributed by atoms with Crippen LogP contribution < -0.4 is 5.32 Å². The van der Waals surface area contributed by atoms with Crippen LogP contribution in [-0.4, -0.2) is 23.6 Å². The summed E-state index contributed by atoms with van der Waals surface area (Å²) in [5.41, 5.74) is 0.404. The first-order valence-corrected chi connectivity index (χ1v) is 6.46. The molecule has 4 nitrogen and oxygen atoms in total. The van der Waals surface area contributed by atoms with Crippen LogP contribution in [0.5, 0.6) is 0 Å². The predicted octanol–water partition coefficient (Wildman–Crippen LogP) is 2.53. The molecule has 1 saturated carbocycles. The van der Waals surface area contributed by atoms with Gasteiger partial charge in [-0.15, -0.1) is 11.3 Å². The van der Waals surface area contributed by atoms with E-state index >= 15 is 0 Å². The highest BCUT2D eigenvalue weighted by Crippen LogP contribution is 2.30. The maximum Gasteiger partial charge on any atom is 0.357 e. The monoisotopic (exact) mass is 240 g/mol. The molecule has 1 heterocycles. The van der Waals surface area contributed by atoms with Crippen molar-refractivity contribution < 1.29 is 9.53 Å². The molecule has 0 amide bonds. The zero-order valence-electron chi connectivity index (χ0n) is 9.53. The fourth-order valence-electron chi connectivity index (χ4n) is 1.83. The Bertz CT molecular complexity index is 372. The van der Waals surface area contributed by atoms with Crippen LogP contribution in [0, 0.1) is 5.92 Å². The van der Waals surface area contributed by atoms with Crippen LogP contribution in [0.4, 0.5) is 5.13 Å². The average molecular weight is 240 g/mol. The van der Waals surface area contributed by atoms with Crippen LogP contribution in [0.15, 0.2) is 5.38 Å². The van der Waals surface area contributed by atoms with Crippen LogP contribution in [0.1, 0.15) is 37.2 Å². The lowest BCUT2D eigenvalue weighted by Gasteiger charge is -2.33. The number of carbonyl (C=O) groups is 1. The zero-order chi connectivity index (χ0) is 11.5. The van der Waals surface area contributed by atoms with Crippen LogP contribution in [0.2, 0.25) is 0 Å². The van der Waals surface area contributed by atoms with Gasteiger partial charge in [0.2, 0.25) is 0 Å². The summed E-state index contributed by atoms with van der Waals surface area (Å²) in [5.74, 6) is 0.468. The molecule has 16 heavy (non-hydrogen) atoms. The molecule has 0 aromatic carbocycles. The predicted molar refractivity (Wildman–Crippen MR) is 63.9 cm³/mol. The van der Waals surface area contributed by atoms with Gasteiger partial charge in [-0.05, 0) is 25.7 Å². The summed E-state index contributed by atoms with van der Waals surface area (Å²) in [4.78, 5) is 15.6. The highest BCUT2D eigenvalue weighted by atomic mass is 32.1. The fraction of sp³-hybridized carbons (Fsp3) is 0.636. The second-order valence-corrected chi connectivity index (χ2v) is 5.03. The van der Waals surface area contributed by atoms with E-state index in [2.05, 4.69) is 17.2 Å². The molecule has 1 fully saturated rings. The molecule has 2 rings (SSSR count). The molecular formula is C11H16N2O2S. The SMILES string of the molecule is CCOC(=O)c1csc(NC2CC(C)C2)n1. The summed E-state index contributed by atoms with van der Waals surface area (Å²) in [7, 11) is 0. The normalized spacial score (nSPS) is 23.6. The fourth-order valence-corrected chi connectivity index (χ4v) is 2.59. The number of hydrogen-bond donors (Lipinski definition) is 1. The Morgan fingerprint density at radius 3 is 3.06 bits per heavy atom. The van der Waals surface area contributed by atoms with Crippen LogP contribution in [0.3, 0.4) is 0 Å². The van der Waals surface area contributed by atoms with Crippen molar-refractivity contribution in [3.63, 3.8) is 0 Å². The Morgan fingerprint density at radius 2 is 2.44 bits per heavy atom. The molecule has 5 heteroatoms. The van der Waals surface area contributed by atoms with Crippen molar-refractivity contribution in [2.45, 2.75) is 32.7 Å². The Balaban J connectivity index is 1.89. The maximum absolute atomic E-state index is 11.4. The number of aromatic nitrogens is 1. The molecule has 0 spiro atoms. The molecule has 1 aromatic rings. The Kier molecular flexibility index (Phi) is 3.43. The Hall–Kier alpha value is -1.10. The van der Waals surface area contributed by atoms with Crippen molar-refractivity contribution in [3.8, 4) is 0 Å². The third-order valence-corrected chi connectivity index (χ3v) is 3.46. The molecule has 88 valence electrons. The summed E-state index contributed by atoms with van der Waals surface area (Å²) < 4.78 is 4.88. The zero-order valence-corrected chi connectivity index (χ0v) is 10.3. The second-order valence-electron chi connectivity index (χ2n) is 4.18. The molecule has 0 atom stereocenters. The van der Waals surface area contributed by atoms with Gasteiger partial charge in [0.1, 0.15) is 0 Å². The van der Waals surface area contributed by atoms with E-state index in [4.69, 9.17) is 4.74 Å². The summed E-state index contributed by atoms with van der Waals surface area (Å²) >= 11 is 1.46. The summed E-state index contributed by atoms with van der Waals surface area (Å²) in [6.07, 6.45) is 2.38. The quantitative estimate of drug-likeness (QED) is 0.822. The van der Waals surface area contributed by atoms with Gasteiger partial charge in [0.15, 0.2) is 10.8 Å². The van der Waals surface area contributed by atoms with Gasteiger partial charge in [-0.25, -0.2) is 9.78 Å². The van der Waals surface area contributed by atoms with E-state index in [0.717, 1.165) is 11.0 Å². The number of esters is 1. The van der Waals surface area contributed by atoms with Gasteiger partial charge in [-0.1, -0.05) is 6.92 Å². The number of ether oxygens (including phenoxy) is 1. The van der Waals surface area contributed by atoms with E-state index in [1.165, 1.54) is 24.2 Å². The van der Waals surface area contributed by atoms with E-state index in [-0.39, 0.29) is 5.97 Å². The molecular weight excluding hydrogens is 224 g/mol. The van der Waals surface area contributed by atoms with Crippen molar-refractivity contribution >= 4 is 22.4 Å². The van der Waals surface area contributed by atoms with Gasteiger partial charge in [-0.3, -0.25) is 0 Å². The molecule has 1 N–H and O–H groups in total. The second kappa shape index (κ2) is 4.82. The largest absolute Gasteiger partial charge is 0.461 e. The van der Waals surface area contributed by atoms with Crippen LogP contribution >= 0.6 is 11.3 Å². The lowest BCUT2D eigenvalue weighted by Crippen LogP contribution is -2.33. The van der Waals surface area contributed by atoms with Crippen LogP contribution in [0.25, 0.3) is 0 Å². The number of hydrogen-bond acceptors (Lipinski definition) is 5. The smallest absolute Gasteiger partial charge is 0.357 e. The van der Waals surface area contributed by atoms with E-state index in [0.29, 0.717) is 18.3 Å². The lowest BCUT2D eigenvalue weighted by molar-refractivity contribution is 0.0520. The third kappa shape index (κ3) is 2.52. The van der Waals surface area contributed by atoms with E-state index < -0.39 is 0 Å². The summed E-state index contributed by atoms with van der Waals surface area (Å²) in [6.45, 7) is 4.42. The number of nitrogens with zero attached hydrogens (tertiary/aromatic N) is 1. The minimum absolute atomic E-state index is 0.339. The molecule has 0 aliphatic heterocycles. The molecule has 0 radical (unpaired) electrons. The summed E-state index contributed by atoms with van der Waals surface area (Å²) in [5, 5.41) is 5.88. The number of rotatable bonds is 4. The highest BCUT2D eigenvalue weighted by molar-refractivity contribution is 7.13. The summed E-state index contributed by atoms with van der Waals surface area (Å²) in [6, 6.07) is 0.524. The Labute approximate surface area is 99.0 Å². The lowest BCUT2D eigenvalue weighted by atomic mass is 9.82. The average Bonchev–Trinajstić information content (AvgIpc) is 2.64. The molecule has 0 unspecified atom stereocenters. The van der Waals surface area contributed by atoms with E-state index in [1.54, 1.807) is 12.3 Å². The molecule has 0 saturated heterocycles. The standard InChI is InChI=1S/C11H16N2O2S/c1-3-15-10(14)9-6-16-11(13-9)12-8-4-7(2)5-8/h6-8H,3-5H2,1-2H3,(H,12,13). The van der Waals surface area contributed by atoms with Gasteiger partial charge < -0.3 is 10.1 Å². The number of carbonyl (C=O) groups excluding carboxylic acids is 1. The first-order chi connectivity index (χ1) is 7.69. The van der Waals surface area contributed by atoms with Gasteiger partial charge >= 0.3 is 5.97 Å². The number of thiazole rings is 1. The highest BCUT2D eigenvalue weighted by Gasteiger charge is 2.26. The first kappa shape index (κ1) is 11.4. The van der Waals surface area contributed by atoms with E-state index in [1.807, 2.05) is 0 Å². The topological polar surface area (TPSA) is 51.2 Å². The molecule has 1 aromatic heterocycles. The van der Waals surface area contributed by atoms with Gasteiger partial charge in [0.05, 0.1) is 6.61 Å². The number of anilines is 1. The van der Waals surface area contributed by atoms with Crippen molar-refractivity contribution in [2.24, 2.45) is 5.92 Å². The van der Waals surface area contributed by atoms with Gasteiger partial charge in [-0.2, -0.15) is 0 Å². The molecule has 1 aliphatic carbocycles. The minimum atomic E-state index is -0.339. The Morgan fingerprint density at radius 1 is 1.69 bits per heavy atom. The number of nitrogens with one attached hydrogen (secondary N) is 1. The molecule has 0 bridgehead atoms. The maximum atomic E-state index is 11.4. The minimum Gasteiger partial charge on any atom is -0.461 e. The van der Waals surface area contributed by atoms with Gasteiger partial charge in [0, 0.05) is 11.4 Å². The van der Waals surface area contributed by atoms with Crippen molar-refractivity contribution in [2.75, 3.05) is 11.9 Å². The first-order valence-electron chi connectivity index (χ1n) is 5.58. The van der Waals surface area contributed by atoms with Gasteiger partial charge in [0.25, 0.3) is 0 Å². The third-order valence-electron chi connectivity index (χ3n) is 2.69. The van der Waals surface area contributed by atoms with Crippen molar-refractivity contribution in [1.82, 2.24) is 4.98 Å². The van der Waals surface area contributed by atoms with E-state index in [9.17, 15) is 4.79 Å².